The first kappa shape index (κ1) is 19.2. The molecule has 2 saturated heterocycles. The highest BCUT2D eigenvalue weighted by atomic mass is 16.2. The van der Waals surface area contributed by atoms with Gasteiger partial charge >= 0.3 is 0 Å². The van der Waals surface area contributed by atoms with Gasteiger partial charge in [-0.3, -0.25) is 9.89 Å². The second-order valence-corrected chi connectivity index (χ2v) is 8.20. The summed E-state index contributed by atoms with van der Waals surface area (Å²) in [6.45, 7) is 4.97. The minimum Gasteiger partial charge on any atom is -0.384 e. The van der Waals surface area contributed by atoms with E-state index in [-0.39, 0.29) is 11.9 Å². The topological polar surface area (TPSA) is 85.1 Å². The monoisotopic (exact) mass is 384 g/mol. The summed E-state index contributed by atoms with van der Waals surface area (Å²) in [5, 5.41) is 18.2. The normalized spacial score (nSPS) is 24.6. The Morgan fingerprint density at radius 2 is 2.00 bits per heavy atom. The highest BCUT2D eigenvalue weighted by Gasteiger charge is 2.39. The lowest BCUT2D eigenvalue weighted by Crippen LogP contribution is -2.48. The van der Waals surface area contributed by atoms with Gasteiger partial charge in [-0.2, -0.15) is 5.10 Å². The number of carbonyl (C=O) groups excluding carboxylic acids is 1. The molecule has 28 heavy (non-hydrogen) atoms. The number of nitrogens with one attached hydrogen (secondary N) is 4. The van der Waals surface area contributed by atoms with Crippen LogP contribution in [0.1, 0.15) is 49.5 Å². The van der Waals surface area contributed by atoms with E-state index in [1.54, 1.807) is 0 Å². The van der Waals surface area contributed by atoms with E-state index in [1.807, 2.05) is 18.2 Å². The number of amides is 1. The van der Waals surface area contributed by atoms with Crippen molar-refractivity contribution in [2.24, 2.45) is 0 Å². The third-order valence-corrected chi connectivity index (χ3v) is 6.27. The molecule has 2 atom stereocenters. The molecule has 2 aliphatic heterocycles. The number of benzene rings is 1. The highest BCUT2D eigenvalue weighted by molar-refractivity contribution is 6.05. The van der Waals surface area contributed by atoms with Crippen LogP contribution < -0.4 is 16.0 Å². The molecule has 4 rings (SSSR count). The van der Waals surface area contributed by atoms with E-state index in [2.05, 4.69) is 45.0 Å². The molecule has 1 aromatic heterocycles. The van der Waals surface area contributed by atoms with Gasteiger partial charge in [0.2, 0.25) is 0 Å². The van der Waals surface area contributed by atoms with Crippen LogP contribution in [0.15, 0.2) is 18.2 Å². The molecule has 0 aliphatic carbocycles. The summed E-state index contributed by atoms with van der Waals surface area (Å²) in [4.78, 5) is 15.4. The predicted octanol–water partition coefficient (Wildman–Crippen LogP) is 2.33. The summed E-state index contributed by atoms with van der Waals surface area (Å²) in [6.07, 6.45) is 5.72. The largest absolute Gasteiger partial charge is 0.384 e. The van der Waals surface area contributed by atoms with Crippen LogP contribution in [0, 0.1) is 0 Å². The van der Waals surface area contributed by atoms with Gasteiger partial charge in [-0.15, -0.1) is 0 Å². The van der Waals surface area contributed by atoms with Crippen molar-refractivity contribution in [1.82, 2.24) is 25.7 Å². The first-order chi connectivity index (χ1) is 13.7. The van der Waals surface area contributed by atoms with E-state index >= 15 is 0 Å². The van der Waals surface area contributed by atoms with Gasteiger partial charge in [0.1, 0.15) is 0 Å². The molecule has 0 radical (unpaired) electrons. The lowest BCUT2D eigenvalue weighted by molar-refractivity contribution is 0.0879. The minimum absolute atomic E-state index is 0.0676. The van der Waals surface area contributed by atoms with Crippen molar-refractivity contribution >= 4 is 22.5 Å². The van der Waals surface area contributed by atoms with Crippen LogP contribution in [-0.2, 0) is 0 Å². The molecule has 7 heteroatoms. The maximum Gasteiger partial charge on any atom is 0.272 e. The third-order valence-electron chi connectivity index (χ3n) is 6.27. The number of piperidine rings is 1. The van der Waals surface area contributed by atoms with E-state index in [0.29, 0.717) is 17.8 Å². The van der Waals surface area contributed by atoms with Crippen molar-refractivity contribution in [2.75, 3.05) is 32.0 Å². The Bertz CT molecular complexity index is 804. The van der Waals surface area contributed by atoms with Gasteiger partial charge in [0.05, 0.1) is 5.52 Å². The van der Waals surface area contributed by atoms with Crippen molar-refractivity contribution in [3.8, 4) is 0 Å². The average Bonchev–Trinajstić information content (AvgIpc) is 3.18. The number of carbonyl (C=O) groups is 1. The number of aromatic amines is 1. The highest BCUT2D eigenvalue weighted by Crippen LogP contribution is 2.34. The van der Waals surface area contributed by atoms with Crippen LogP contribution in [0.3, 0.4) is 0 Å². The Kier molecular flexibility index (Phi) is 5.82. The number of anilines is 1. The molecule has 3 heterocycles. The first-order valence-electron chi connectivity index (χ1n) is 10.6. The van der Waals surface area contributed by atoms with Gasteiger partial charge in [0.15, 0.2) is 5.69 Å². The van der Waals surface area contributed by atoms with E-state index in [0.717, 1.165) is 55.5 Å². The lowest BCUT2D eigenvalue weighted by Gasteiger charge is -2.36. The summed E-state index contributed by atoms with van der Waals surface area (Å²) < 4.78 is 0. The Hall–Kier alpha value is -2.12. The molecule has 2 unspecified atom stereocenters. The fourth-order valence-electron chi connectivity index (χ4n) is 4.68. The first-order valence-corrected chi connectivity index (χ1v) is 10.6. The molecular weight excluding hydrogens is 352 g/mol. The second kappa shape index (κ2) is 8.49. The zero-order valence-electron chi connectivity index (χ0n) is 16.9. The van der Waals surface area contributed by atoms with Gasteiger partial charge in [0.25, 0.3) is 5.91 Å². The number of nitrogens with zero attached hydrogens (tertiary/aromatic N) is 2. The third kappa shape index (κ3) is 4.00. The molecular formula is C21H32N6O. The number of rotatable bonds is 8. The molecule has 2 aromatic rings. The van der Waals surface area contributed by atoms with Crippen LogP contribution in [0.4, 0.5) is 5.69 Å². The zero-order chi connectivity index (χ0) is 19.5. The molecule has 1 amide bonds. The van der Waals surface area contributed by atoms with Crippen molar-refractivity contribution in [1.29, 1.82) is 0 Å². The molecule has 0 spiro atoms. The van der Waals surface area contributed by atoms with Crippen molar-refractivity contribution in [2.45, 2.75) is 57.2 Å². The smallest absolute Gasteiger partial charge is 0.272 e. The van der Waals surface area contributed by atoms with Crippen LogP contribution in [0.5, 0.6) is 0 Å². The maximum absolute atomic E-state index is 12.9. The fraction of sp³-hybridized carbons (Fsp3) is 0.619. The van der Waals surface area contributed by atoms with Crippen LogP contribution in [0.2, 0.25) is 0 Å². The number of H-pyrrole nitrogens is 1. The minimum atomic E-state index is -0.0676. The molecule has 152 valence electrons. The molecule has 7 nitrogen and oxygen atoms in total. The van der Waals surface area contributed by atoms with Crippen LogP contribution in [0.25, 0.3) is 10.9 Å². The molecule has 2 fully saturated rings. The van der Waals surface area contributed by atoms with Crippen LogP contribution in [-0.4, -0.2) is 65.8 Å². The van der Waals surface area contributed by atoms with E-state index in [1.165, 1.54) is 12.8 Å². The van der Waals surface area contributed by atoms with Gasteiger partial charge < -0.3 is 20.9 Å². The van der Waals surface area contributed by atoms with Gasteiger partial charge in [-0.25, -0.2) is 0 Å². The number of hydrogen-bond donors (Lipinski definition) is 4. The van der Waals surface area contributed by atoms with E-state index < -0.39 is 0 Å². The van der Waals surface area contributed by atoms with E-state index in [4.69, 9.17) is 0 Å². The molecule has 1 aromatic carbocycles. The van der Waals surface area contributed by atoms with E-state index in [9.17, 15) is 4.79 Å². The lowest BCUT2D eigenvalue weighted by atomic mass is 9.98. The summed E-state index contributed by atoms with van der Waals surface area (Å²) in [7, 11) is 2.22. The van der Waals surface area contributed by atoms with Crippen molar-refractivity contribution in [3.05, 3.63) is 23.9 Å². The summed E-state index contributed by atoms with van der Waals surface area (Å²) in [6, 6.07) is 7.49. The number of aromatic nitrogens is 2. The SMILES string of the molecule is CCCNCCNc1ccc2[nH]nc(C(=O)NC3CC4CCC(C3)N4C)c2c1. The fourth-order valence-corrected chi connectivity index (χ4v) is 4.68. The Labute approximate surface area is 166 Å². The predicted molar refractivity (Wildman–Crippen MR) is 113 cm³/mol. The summed E-state index contributed by atoms with van der Waals surface area (Å²) >= 11 is 0. The van der Waals surface area contributed by atoms with Crippen molar-refractivity contribution in [3.63, 3.8) is 0 Å². The average molecular weight is 385 g/mol. The summed E-state index contributed by atoms with van der Waals surface area (Å²) in [5.41, 5.74) is 2.40. The molecule has 0 saturated carbocycles. The summed E-state index contributed by atoms with van der Waals surface area (Å²) in [5.74, 6) is -0.0676. The standard InChI is InChI=1S/C21H32N6O/c1-3-8-22-9-10-23-14-4-7-19-18(13-14)20(26-25-19)21(28)24-15-11-16-5-6-17(12-15)27(16)2/h4,7,13,15-17,22-23H,3,5-6,8-12H2,1-2H3,(H,24,28)(H,25,26). The van der Waals surface area contributed by atoms with Gasteiger partial charge in [-0.1, -0.05) is 6.92 Å². The van der Waals surface area contributed by atoms with Crippen molar-refractivity contribution < 1.29 is 4.79 Å². The van der Waals surface area contributed by atoms with Gasteiger partial charge in [-0.05, 0) is 63.9 Å². The molecule has 2 aliphatic rings. The molecule has 2 bridgehead atoms. The maximum atomic E-state index is 12.9. The number of fused-ring (bicyclic) bond motifs is 3. The number of hydrogen-bond acceptors (Lipinski definition) is 5. The Morgan fingerprint density at radius 3 is 2.75 bits per heavy atom. The quantitative estimate of drug-likeness (QED) is 0.525. The Balaban J connectivity index is 1.40. The zero-order valence-corrected chi connectivity index (χ0v) is 16.9. The Morgan fingerprint density at radius 1 is 1.21 bits per heavy atom. The second-order valence-electron chi connectivity index (χ2n) is 8.20. The molecule has 4 N–H and O–H groups in total. The van der Waals surface area contributed by atoms with Crippen LogP contribution >= 0.6 is 0 Å². The van der Waals surface area contributed by atoms with Gasteiger partial charge in [0, 0.05) is 42.3 Å².